The second-order valence-electron chi connectivity index (χ2n) is 9.11. The number of rotatable bonds is 4. The van der Waals surface area contributed by atoms with Crippen molar-refractivity contribution in [2.45, 2.75) is 24.4 Å². The van der Waals surface area contributed by atoms with Gasteiger partial charge in [0.1, 0.15) is 5.50 Å². The van der Waals surface area contributed by atoms with Gasteiger partial charge in [0, 0.05) is 69.7 Å². The summed E-state index contributed by atoms with van der Waals surface area (Å²) in [6, 6.07) is 17.3. The molecule has 31 heavy (non-hydrogen) atoms. The third-order valence-electron chi connectivity index (χ3n) is 7.18. The molecule has 2 aliphatic heterocycles. The first-order valence-corrected chi connectivity index (χ1v) is 12.1. The summed E-state index contributed by atoms with van der Waals surface area (Å²) < 4.78 is 0. The lowest BCUT2D eigenvalue weighted by molar-refractivity contribution is 0.0642. The molecule has 0 radical (unpaired) electrons. The number of halogens is 1. The maximum Gasteiger partial charge on any atom is 0.100 e. The minimum atomic E-state index is -0.326. The number of aryl methyl sites for hydroxylation is 1. The molecule has 6 heteroatoms. The van der Waals surface area contributed by atoms with E-state index in [4.69, 9.17) is 11.6 Å². The van der Waals surface area contributed by atoms with Crippen molar-refractivity contribution in [2.75, 3.05) is 62.2 Å². The van der Waals surface area contributed by atoms with Crippen LogP contribution < -0.4 is 15.1 Å². The number of anilines is 2. The summed E-state index contributed by atoms with van der Waals surface area (Å²) in [5.41, 5.74) is 5.04. The van der Waals surface area contributed by atoms with Crippen molar-refractivity contribution in [2.24, 2.45) is 5.92 Å². The maximum absolute atomic E-state index is 10.9. The van der Waals surface area contributed by atoms with E-state index in [0.717, 1.165) is 70.8 Å². The normalized spacial score (nSPS) is 27.2. The molecule has 3 atom stereocenters. The molecule has 3 unspecified atom stereocenters. The average molecular weight is 441 g/mol. The maximum atomic E-state index is 10.9. The predicted octanol–water partition coefficient (Wildman–Crippen LogP) is 3.08. The molecule has 0 amide bonds. The predicted molar refractivity (Wildman–Crippen MR) is 128 cm³/mol. The van der Waals surface area contributed by atoms with Crippen molar-refractivity contribution < 1.29 is 5.11 Å². The SMILES string of the molecule is OC1c2ccccc2CCC1CN1CCN(c2ccc(N3CCNC(Cl)C3)cc2)CC1. The first-order chi connectivity index (χ1) is 15.2. The molecular formula is C25H33ClN4O. The monoisotopic (exact) mass is 440 g/mol. The number of hydrogen-bond acceptors (Lipinski definition) is 5. The molecule has 2 fully saturated rings. The highest BCUT2D eigenvalue weighted by molar-refractivity contribution is 6.20. The highest BCUT2D eigenvalue weighted by Crippen LogP contribution is 2.35. The fraction of sp³-hybridized carbons (Fsp3) is 0.520. The number of nitrogens with one attached hydrogen (secondary N) is 1. The van der Waals surface area contributed by atoms with Crippen LogP contribution in [0.15, 0.2) is 48.5 Å². The number of aliphatic hydroxyl groups is 1. The van der Waals surface area contributed by atoms with Crippen LogP contribution in [0.4, 0.5) is 11.4 Å². The van der Waals surface area contributed by atoms with E-state index >= 15 is 0 Å². The van der Waals surface area contributed by atoms with Crippen molar-refractivity contribution in [3.8, 4) is 0 Å². The van der Waals surface area contributed by atoms with Gasteiger partial charge < -0.3 is 14.9 Å². The van der Waals surface area contributed by atoms with E-state index in [-0.39, 0.29) is 11.6 Å². The lowest BCUT2D eigenvalue weighted by Crippen LogP contribution is -2.49. The summed E-state index contributed by atoms with van der Waals surface area (Å²) in [7, 11) is 0. The lowest BCUT2D eigenvalue weighted by Gasteiger charge is -2.40. The van der Waals surface area contributed by atoms with Gasteiger partial charge in [-0.2, -0.15) is 0 Å². The molecule has 5 nitrogen and oxygen atoms in total. The fourth-order valence-corrected chi connectivity index (χ4v) is 5.60. The van der Waals surface area contributed by atoms with Crippen LogP contribution in [-0.4, -0.2) is 67.9 Å². The van der Waals surface area contributed by atoms with Gasteiger partial charge in [0.05, 0.1) is 6.10 Å². The molecule has 1 aliphatic carbocycles. The Morgan fingerprint density at radius 1 is 0.903 bits per heavy atom. The Morgan fingerprint density at radius 2 is 1.61 bits per heavy atom. The van der Waals surface area contributed by atoms with Crippen molar-refractivity contribution in [1.29, 1.82) is 0 Å². The number of aliphatic hydroxyl groups excluding tert-OH is 1. The quantitative estimate of drug-likeness (QED) is 0.565. The van der Waals surface area contributed by atoms with Gasteiger partial charge in [0.25, 0.3) is 0 Å². The summed E-state index contributed by atoms with van der Waals surface area (Å²) in [4.78, 5) is 7.37. The van der Waals surface area contributed by atoms with E-state index in [1.165, 1.54) is 16.9 Å². The Kier molecular flexibility index (Phi) is 6.37. The molecule has 0 bridgehead atoms. The Balaban J connectivity index is 1.14. The van der Waals surface area contributed by atoms with Crippen LogP contribution in [0, 0.1) is 5.92 Å². The number of fused-ring (bicyclic) bond motifs is 1. The molecule has 3 aliphatic rings. The molecule has 0 spiro atoms. The zero-order chi connectivity index (χ0) is 21.2. The number of benzene rings is 2. The first kappa shape index (κ1) is 21.1. The largest absolute Gasteiger partial charge is 0.388 e. The van der Waals surface area contributed by atoms with E-state index in [9.17, 15) is 5.11 Å². The van der Waals surface area contributed by atoms with Gasteiger partial charge in [0.2, 0.25) is 0 Å². The van der Waals surface area contributed by atoms with Crippen LogP contribution in [0.5, 0.6) is 0 Å². The lowest BCUT2D eigenvalue weighted by atomic mass is 9.81. The zero-order valence-corrected chi connectivity index (χ0v) is 18.8. The van der Waals surface area contributed by atoms with Crippen molar-refractivity contribution in [3.05, 3.63) is 59.7 Å². The van der Waals surface area contributed by atoms with Gasteiger partial charge in [-0.05, 0) is 48.2 Å². The van der Waals surface area contributed by atoms with Gasteiger partial charge in [0.15, 0.2) is 0 Å². The Bertz CT molecular complexity index is 868. The van der Waals surface area contributed by atoms with Crippen LogP contribution in [0.1, 0.15) is 23.7 Å². The molecule has 2 aromatic carbocycles. The average Bonchev–Trinajstić information content (AvgIpc) is 2.82. The molecule has 2 aromatic rings. The summed E-state index contributed by atoms with van der Waals surface area (Å²) in [6.45, 7) is 7.95. The first-order valence-electron chi connectivity index (χ1n) is 11.6. The van der Waals surface area contributed by atoms with Crippen molar-refractivity contribution >= 4 is 23.0 Å². The summed E-state index contributed by atoms with van der Waals surface area (Å²) in [5.74, 6) is 0.338. The van der Waals surface area contributed by atoms with Gasteiger partial charge in [-0.25, -0.2) is 0 Å². The van der Waals surface area contributed by atoms with Crippen LogP contribution in [0.2, 0.25) is 0 Å². The highest BCUT2D eigenvalue weighted by atomic mass is 35.5. The highest BCUT2D eigenvalue weighted by Gasteiger charge is 2.30. The summed E-state index contributed by atoms with van der Waals surface area (Å²) >= 11 is 6.25. The molecule has 166 valence electrons. The van der Waals surface area contributed by atoms with Crippen molar-refractivity contribution in [1.82, 2.24) is 10.2 Å². The molecule has 5 rings (SSSR count). The molecule has 2 heterocycles. The Labute approximate surface area is 190 Å². The van der Waals surface area contributed by atoms with Crippen LogP contribution in [0.25, 0.3) is 0 Å². The minimum absolute atomic E-state index is 0.0256. The number of nitrogens with zero attached hydrogens (tertiary/aromatic N) is 3. The summed E-state index contributed by atoms with van der Waals surface area (Å²) in [5, 5.41) is 14.2. The van der Waals surface area contributed by atoms with E-state index in [2.05, 4.69) is 62.5 Å². The topological polar surface area (TPSA) is 42.0 Å². The smallest absolute Gasteiger partial charge is 0.100 e. The Morgan fingerprint density at radius 3 is 2.35 bits per heavy atom. The van der Waals surface area contributed by atoms with E-state index in [1.807, 2.05) is 6.07 Å². The summed E-state index contributed by atoms with van der Waals surface area (Å²) in [6.07, 6.45) is 1.84. The molecular weight excluding hydrogens is 408 g/mol. The van der Waals surface area contributed by atoms with Crippen molar-refractivity contribution in [3.63, 3.8) is 0 Å². The van der Waals surface area contributed by atoms with Gasteiger partial charge in [-0.15, -0.1) is 11.6 Å². The second kappa shape index (κ2) is 9.37. The number of hydrogen-bond donors (Lipinski definition) is 2. The molecule has 2 N–H and O–H groups in total. The van der Waals surface area contributed by atoms with Gasteiger partial charge in [-0.3, -0.25) is 10.2 Å². The molecule has 0 saturated carbocycles. The van der Waals surface area contributed by atoms with Gasteiger partial charge >= 0.3 is 0 Å². The van der Waals surface area contributed by atoms with E-state index in [1.54, 1.807) is 0 Å². The van der Waals surface area contributed by atoms with Crippen LogP contribution >= 0.6 is 11.6 Å². The third kappa shape index (κ3) is 4.70. The number of alkyl halides is 1. The third-order valence-corrected chi connectivity index (χ3v) is 7.47. The zero-order valence-electron chi connectivity index (χ0n) is 18.1. The van der Waals surface area contributed by atoms with Crippen LogP contribution in [-0.2, 0) is 6.42 Å². The van der Waals surface area contributed by atoms with E-state index < -0.39 is 0 Å². The molecule has 0 aromatic heterocycles. The molecule has 2 saturated heterocycles. The standard InChI is InChI=1S/C25H33ClN4O/c26-24-18-30(12-11-27-24)22-9-7-21(8-10-22)29-15-13-28(14-16-29)17-20-6-5-19-3-1-2-4-23(19)25(20)31/h1-4,7-10,20,24-25,27,31H,5-6,11-18H2. The Hall–Kier alpha value is -1.79. The van der Waals surface area contributed by atoms with Gasteiger partial charge in [-0.1, -0.05) is 24.3 Å². The van der Waals surface area contributed by atoms with E-state index in [0.29, 0.717) is 5.92 Å². The number of piperazine rings is 2. The van der Waals surface area contributed by atoms with Crippen LogP contribution in [0.3, 0.4) is 0 Å². The second-order valence-corrected chi connectivity index (χ2v) is 9.64. The minimum Gasteiger partial charge on any atom is -0.388 e. The fourth-order valence-electron chi connectivity index (χ4n) is 5.33.